The molecule has 0 bridgehead atoms. The highest BCUT2D eigenvalue weighted by atomic mass is 14.5. The first kappa shape index (κ1) is 12.5. The van der Waals surface area contributed by atoms with E-state index >= 15 is 0 Å². The van der Waals surface area contributed by atoms with Crippen molar-refractivity contribution in [2.45, 2.75) is 20.8 Å². The highest BCUT2D eigenvalue weighted by Crippen LogP contribution is 1.95. The summed E-state index contributed by atoms with van der Waals surface area (Å²) in [7, 11) is 0. The Bertz CT molecular complexity index is 155. The Kier molecular flexibility index (Phi) is 10.0. The van der Waals surface area contributed by atoms with E-state index in [4.69, 9.17) is 11.5 Å². The molecule has 0 radical (unpaired) electrons. The van der Waals surface area contributed by atoms with Crippen LogP contribution in [0.5, 0.6) is 0 Å². The second-order valence-electron chi connectivity index (χ2n) is 1.82. The SMILES string of the molecule is C=C(N)/C=C(C)\C=C/N.CC. The number of allylic oxidation sites excluding steroid dienone is 3. The number of nitrogens with two attached hydrogens (primary N) is 2. The number of hydrogen-bond acceptors (Lipinski definition) is 2. The molecule has 0 aliphatic carbocycles. The fraction of sp³-hybridized carbons (Fsp3) is 0.333. The zero-order valence-electron chi connectivity index (χ0n) is 7.59. The first-order valence-electron chi connectivity index (χ1n) is 3.67. The van der Waals surface area contributed by atoms with Crippen LogP contribution in [-0.2, 0) is 0 Å². The van der Waals surface area contributed by atoms with Crippen molar-refractivity contribution in [3.05, 3.63) is 36.2 Å². The summed E-state index contributed by atoms with van der Waals surface area (Å²) in [5.41, 5.74) is 11.9. The van der Waals surface area contributed by atoms with Crippen molar-refractivity contribution < 1.29 is 0 Å². The lowest BCUT2D eigenvalue weighted by Crippen LogP contribution is -1.90. The first-order chi connectivity index (χ1) is 5.16. The van der Waals surface area contributed by atoms with E-state index in [2.05, 4.69) is 6.58 Å². The van der Waals surface area contributed by atoms with Gasteiger partial charge in [-0.1, -0.05) is 20.4 Å². The zero-order chi connectivity index (χ0) is 9.28. The monoisotopic (exact) mass is 154 g/mol. The molecule has 0 fully saturated rings. The van der Waals surface area contributed by atoms with Gasteiger partial charge in [0.2, 0.25) is 0 Å². The van der Waals surface area contributed by atoms with E-state index in [1.807, 2.05) is 20.8 Å². The van der Waals surface area contributed by atoms with Crippen LogP contribution in [0.15, 0.2) is 36.2 Å². The van der Waals surface area contributed by atoms with Crippen LogP contribution in [0.3, 0.4) is 0 Å². The van der Waals surface area contributed by atoms with E-state index in [9.17, 15) is 0 Å². The molecule has 0 heterocycles. The third-order valence-electron chi connectivity index (χ3n) is 0.772. The van der Waals surface area contributed by atoms with Gasteiger partial charge in [0.05, 0.1) is 0 Å². The molecule has 11 heavy (non-hydrogen) atoms. The zero-order valence-corrected chi connectivity index (χ0v) is 7.59. The second kappa shape index (κ2) is 8.82. The second-order valence-corrected chi connectivity index (χ2v) is 1.82. The van der Waals surface area contributed by atoms with Gasteiger partial charge < -0.3 is 11.5 Å². The summed E-state index contributed by atoms with van der Waals surface area (Å²) in [6, 6.07) is 0. The van der Waals surface area contributed by atoms with E-state index < -0.39 is 0 Å². The molecule has 0 rings (SSSR count). The lowest BCUT2D eigenvalue weighted by atomic mass is 10.2. The van der Waals surface area contributed by atoms with Crippen molar-refractivity contribution >= 4 is 0 Å². The van der Waals surface area contributed by atoms with Crippen molar-refractivity contribution in [2.24, 2.45) is 11.5 Å². The molecule has 0 unspecified atom stereocenters. The Balaban J connectivity index is 0. The van der Waals surface area contributed by atoms with E-state index in [0.717, 1.165) is 5.57 Å². The van der Waals surface area contributed by atoms with Gasteiger partial charge in [-0.05, 0) is 30.8 Å². The van der Waals surface area contributed by atoms with Gasteiger partial charge in [-0.2, -0.15) is 0 Å². The minimum atomic E-state index is 0.547. The van der Waals surface area contributed by atoms with Crippen LogP contribution in [-0.4, -0.2) is 0 Å². The molecule has 0 spiro atoms. The molecule has 4 N–H and O–H groups in total. The van der Waals surface area contributed by atoms with Crippen LogP contribution in [0.4, 0.5) is 0 Å². The van der Waals surface area contributed by atoms with Crippen LogP contribution in [0.2, 0.25) is 0 Å². The largest absolute Gasteiger partial charge is 0.405 e. The maximum atomic E-state index is 5.28. The molecule has 0 aromatic rings. The van der Waals surface area contributed by atoms with Crippen LogP contribution < -0.4 is 11.5 Å². The van der Waals surface area contributed by atoms with Gasteiger partial charge in [0.25, 0.3) is 0 Å². The van der Waals surface area contributed by atoms with Crippen LogP contribution in [0, 0.1) is 0 Å². The summed E-state index contributed by atoms with van der Waals surface area (Å²) in [5.74, 6) is 0. The molecule has 0 aromatic carbocycles. The van der Waals surface area contributed by atoms with E-state index in [1.54, 1.807) is 12.2 Å². The fourth-order valence-electron chi connectivity index (χ4n) is 0.492. The van der Waals surface area contributed by atoms with Crippen molar-refractivity contribution in [3.8, 4) is 0 Å². The molecule has 0 aliphatic rings. The van der Waals surface area contributed by atoms with Crippen molar-refractivity contribution in [2.75, 3.05) is 0 Å². The Morgan fingerprint density at radius 2 is 1.82 bits per heavy atom. The Morgan fingerprint density at radius 3 is 2.09 bits per heavy atom. The summed E-state index contributed by atoms with van der Waals surface area (Å²) in [5, 5.41) is 0. The lowest BCUT2D eigenvalue weighted by Gasteiger charge is -1.89. The maximum Gasteiger partial charge on any atom is 0.0243 e. The third kappa shape index (κ3) is 12.1. The average molecular weight is 154 g/mol. The predicted octanol–water partition coefficient (Wildman–Crippen LogP) is 1.90. The fourth-order valence-corrected chi connectivity index (χ4v) is 0.492. The van der Waals surface area contributed by atoms with Crippen molar-refractivity contribution in [1.29, 1.82) is 0 Å². The Morgan fingerprint density at radius 1 is 1.36 bits per heavy atom. The van der Waals surface area contributed by atoms with E-state index in [0.29, 0.717) is 5.70 Å². The van der Waals surface area contributed by atoms with Gasteiger partial charge in [-0.25, -0.2) is 0 Å². The third-order valence-corrected chi connectivity index (χ3v) is 0.772. The number of rotatable bonds is 2. The predicted molar refractivity (Wildman–Crippen MR) is 51.8 cm³/mol. The Labute approximate surface area is 69.3 Å². The van der Waals surface area contributed by atoms with Gasteiger partial charge in [-0.15, -0.1) is 0 Å². The number of hydrogen-bond donors (Lipinski definition) is 2. The maximum absolute atomic E-state index is 5.28. The van der Waals surface area contributed by atoms with Gasteiger partial charge in [0.15, 0.2) is 0 Å². The normalized spacial score (nSPS) is 10.6. The summed E-state index contributed by atoms with van der Waals surface area (Å²) in [6.07, 6.45) is 4.98. The molecule has 0 atom stereocenters. The molecule has 2 nitrogen and oxygen atoms in total. The molecular formula is C9H18N2. The van der Waals surface area contributed by atoms with E-state index in [1.165, 1.54) is 6.20 Å². The minimum absolute atomic E-state index is 0.547. The molecule has 2 heteroatoms. The molecule has 0 saturated carbocycles. The van der Waals surface area contributed by atoms with Crippen LogP contribution in [0.25, 0.3) is 0 Å². The van der Waals surface area contributed by atoms with Crippen molar-refractivity contribution in [1.82, 2.24) is 0 Å². The average Bonchev–Trinajstić information content (AvgIpc) is 1.91. The van der Waals surface area contributed by atoms with Gasteiger partial charge in [0, 0.05) is 5.70 Å². The standard InChI is InChI=1S/C7H12N2.C2H6/c1-6(3-4-8)5-7(2)9;1-2/h3-5H,2,8-9H2,1H3;1-2H3/b4-3-,6-5-;. The molecule has 64 valence electrons. The van der Waals surface area contributed by atoms with Gasteiger partial charge in [-0.3, -0.25) is 0 Å². The first-order valence-corrected chi connectivity index (χ1v) is 3.67. The summed E-state index contributed by atoms with van der Waals surface area (Å²) >= 11 is 0. The van der Waals surface area contributed by atoms with Gasteiger partial charge in [0.1, 0.15) is 0 Å². The molecule has 0 saturated heterocycles. The highest BCUT2D eigenvalue weighted by Gasteiger charge is 1.79. The molecule has 0 aromatic heterocycles. The van der Waals surface area contributed by atoms with E-state index in [-0.39, 0.29) is 0 Å². The molecular weight excluding hydrogens is 136 g/mol. The topological polar surface area (TPSA) is 52.0 Å². The van der Waals surface area contributed by atoms with Crippen LogP contribution in [0.1, 0.15) is 20.8 Å². The summed E-state index contributed by atoms with van der Waals surface area (Å²) < 4.78 is 0. The Hall–Kier alpha value is -1.18. The smallest absolute Gasteiger partial charge is 0.0243 e. The highest BCUT2D eigenvalue weighted by molar-refractivity contribution is 5.24. The quantitative estimate of drug-likeness (QED) is 0.597. The van der Waals surface area contributed by atoms with Gasteiger partial charge >= 0.3 is 0 Å². The minimum Gasteiger partial charge on any atom is -0.405 e. The summed E-state index contributed by atoms with van der Waals surface area (Å²) in [4.78, 5) is 0. The summed E-state index contributed by atoms with van der Waals surface area (Å²) in [6.45, 7) is 9.41. The lowest BCUT2D eigenvalue weighted by molar-refractivity contribution is 1.39. The van der Waals surface area contributed by atoms with Crippen LogP contribution >= 0.6 is 0 Å². The molecule has 0 aliphatic heterocycles. The molecule has 0 amide bonds. The van der Waals surface area contributed by atoms with Crippen molar-refractivity contribution in [3.63, 3.8) is 0 Å².